The summed E-state index contributed by atoms with van der Waals surface area (Å²) in [4.78, 5) is 11.0. The minimum absolute atomic E-state index is 0. The number of unbranched alkanes of at least 4 members (excludes halogenated alkanes) is 12. The Hall–Kier alpha value is 1.16. The van der Waals surface area contributed by atoms with Gasteiger partial charge in [0.05, 0.1) is 5.97 Å². The number of nitrogens with one attached hydrogen (secondary N) is 1. The van der Waals surface area contributed by atoms with Crippen molar-refractivity contribution in [3.8, 4) is 0 Å². The molecule has 0 heterocycles. The predicted molar refractivity (Wildman–Crippen MR) is 119 cm³/mol. The van der Waals surface area contributed by atoms with Crippen LogP contribution in [0.1, 0.15) is 103 Å². The van der Waals surface area contributed by atoms with E-state index in [1.807, 2.05) is 6.26 Å². The molecule has 0 amide bonds. The van der Waals surface area contributed by atoms with Gasteiger partial charge in [0.1, 0.15) is 0 Å². The Kier molecular flexibility index (Phi) is 29.3. The van der Waals surface area contributed by atoms with Crippen molar-refractivity contribution in [2.75, 3.05) is 18.6 Å². The van der Waals surface area contributed by atoms with E-state index in [2.05, 4.69) is 24.4 Å². The van der Waals surface area contributed by atoms with Crippen molar-refractivity contribution < 1.29 is 61.3 Å². The second-order valence-electron chi connectivity index (χ2n) is 7.55. The average molecular weight is 438 g/mol. The second-order valence-corrected chi connectivity index (χ2v) is 8.53. The van der Waals surface area contributed by atoms with Crippen LogP contribution in [0.4, 0.5) is 0 Å². The van der Waals surface area contributed by atoms with Gasteiger partial charge in [0.25, 0.3) is 0 Å². The van der Waals surface area contributed by atoms with Crippen LogP contribution in [0.2, 0.25) is 0 Å². The Balaban J connectivity index is 0. The number of rotatable bonds is 21. The first-order valence-corrected chi connectivity index (χ1v) is 12.7. The van der Waals surface area contributed by atoms with Crippen LogP contribution >= 0.6 is 11.8 Å². The third-order valence-corrected chi connectivity index (χ3v) is 5.62. The van der Waals surface area contributed by atoms with E-state index in [0.717, 1.165) is 18.7 Å². The molecule has 0 radical (unpaired) electrons. The third kappa shape index (κ3) is 23.4. The van der Waals surface area contributed by atoms with Crippen molar-refractivity contribution in [2.45, 2.75) is 109 Å². The van der Waals surface area contributed by atoms with Crippen LogP contribution in [-0.2, 0) is 4.79 Å². The minimum atomic E-state index is -0.964. The second kappa shape index (κ2) is 26.2. The van der Waals surface area contributed by atoms with Crippen LogP contribution in [-0.4, -0.2) is 30.6 Å². The molecule has 0 fully saturated rings. The molecule has 0 bridgehead atoms. The molecule has 0 spiro atoms. The molecule has 0 saturated carbocycles. The van der Waals surface area contributed by atoms with Crippen LogP contribution in [0.5, 0.6) is 0 Å². The Morgan fingerprint density at radius 2 is 1.39 bits per heavy atom. The van der Waals surface area contributed by atoms with Gasteiger partial charge in [0.2, 0.25) is 0 Å². The summed E-state index contributed by atoms with van der Waals surface area (Å²) in [6.07, 6.45) is 25.5. The van der Waals surface area contributed by atoms with Gasteiger partial charge in [-0.25, -0.2) is 0 Å². The molecular weight excluding hydrogens is 393 g/mol. The summed E-state index contributed by atoms with van der Waals surface area (Å²) >= 11 is 1.68. The maximum atomic E-state index is 11.0. The SMILES string of the molecule is CCCCCCCC/C=C\CCCCCCCCNC(CCSC)C(=O)[O-].[K+]. The molecule has 0 aliphatic heterocycles. The summed E-state index contributed by atoms with van der Waals surface area (Å²) in [5.41, 5.74) is 0. The van der Waals surface area contributed by atoms with Crippen molar-refractivity contribution in [3.63, 3.8) is 0 Å². The predicted octanol–water partition coefficient (Wildman–Crippen LogP) is 2.49. The summed E-state index contributed by atoms with van der Waals surface area (Å²) in [7, 11) is 0. The van der Waals surface area contributed by atoms with Crippen molar-refractivity contribution in [1.82, 2.24) is 5.32 Å². The number of hydrogen-bond donors (Lipinski definition) is 1. The van der Waals surface area contributed by atoms with E-state index in [0.29, 0.717) is 6.42 Å². The third-order valence-electron chi connectivity index (χ3n) is 4.97. The van der Waals surface area contributed by atoms with Crippen LogP contribution < -0.4 is 61.8 Å². The van der Waals surface area contributed by atoms with Crippen molar-refractivity contribution in [3.05, 3.63) is 12.2 Å². The van der Waals surface area contributed by atoms with Crippen LogP contribution in [0, 0.1) is 0 Å². The topological polar surface area (TPSA) is 52.2 Å². The van der Waals surface area contributed by atoms with Crippen LogP contribution in [0.25, 0.3) is 0 Å². The Bertz CT molecular complexity index is 353. The summed E-state index contributed by atoms with van der Waals surface area (Å²) in [5.74, 6) is -0.104. The molecule has 0 aromatic rings. The fourth-order valence-electron chi connectivity index (χ4n) is 3.19. The Morgan fingerprint density at radius 3 is 1.89 bits per heavy atom. The fourth-order valence-corrected chi connectivity index (χ4v) is 3.66. The van der Waals surface area contributed by atoms with Gasteiger partial charge in [0.15, 0.2) is 0 Å². The Morgan fingerprint density at radius 1 is 0.893 bits per heavy atom. The molecule has 0 saturated heterocycles. The van der Waals surface area contributed by atoms with Crippen molar-refractivity contribution in [1.29, 1.82) is 0 Å². The number of carboxylic acids is 1. The van der Waals surface area contributed by atoms with E-state index < -0.39 is 12.0 Å². The summed E-state index contributed by atoms with van der Waals surface area (Å²) in [6.45, 7) is 3.05. The normalized spacial score (nSPS) is 12.2. The first-order chi connectivity index (χ1) is 13.2. The molecule has 0 rings (SSSR count). The molecule has 28 heavy (non-hydrogen) atoms. The first-order valence-electron chi connectivity index (χ1n) is 11.3. The molecule has 3 nitrogen and oxygen atoms in total. The molecular formula is C23H44KNO2S. The van der Waals surface area contributed by atoms with Crippen LogP contribution in [0.15, 0.2) is 12.2 Å². The first kappa shape index (κ1) is 31.3. The van der Waals surface area contributed by atoms with Gasteiger partial charge in [-0.2, -0.15) is 11.8 Å². The Labute approximate surface area is 222 Å². The van der Waals surface area contributed by atoms with E-state index in [4.69, 9.17) is 0 Å². The van der Waals surface area contributed by atoms with Crippen molar-refractivity contribution in [2.24, 2.45) is 0 Å². The number of hydrogen-bond acceptors (Lipinski definition) is 4. The van der Waals surface area contributed by atoms with E-state index in [9.17, 15) is 9.90 Å². The largest absolute Gasteiger partial charge is 1.00 e. The minimum Gasteiger partial charge on any atom is -0.548 e. The molecule has 0 aliphatic rings. The monoisotopic (exact) mass is 437 g/mol. The van der Waals surface area contributed by atoms with E-state index in [1.54, 1.807) is 11.8 Å². The summed E-state index contributed by atoms with van der Waals surface area (Å²) < 4.78 is 0. The number of carbonyl (C=O) groups excluding carboxylic acids is 1. The standard InChI is InChI=1S/C23H45NO2S.K/c1-3-4-5-6-7-8-9-10-11-12-13-14-15-16-17-18-20-24-22(23(25)26)19-21-27-2;/h10-11,22,24H,3-9,12-21H2,1-2H3,(H,25,26);/q;+1/p-1/b11-10-;. The molecule has 160 valence electrons. The zero-order valence-electron chi connectivity index (χ0n) is 19.0. The molecule has 1 unspecified atom stereocenters. The molecule has 1 N–H and O–H groups in total. The zero-order valence-corrected chi connectivity index (χ0v) is 22.9. The maximum absolute atomic E-state index is 11.0. The summed E-state index contributed by atoms with van der Waals surface area (Å²) in [6, 6.07) is -0.486. The molecule has 5 heteroatoms. The maximum Gasteiger partial charge on any atom is 1.00 e. The number of allylic oxidation sites excluding steroid dienone is 2. The quantitative estimate of drug-likeness (QED) is 0.170. The number of carboxylic acid groups (broad SMARTS) is 1. The smallest absolute Gasteiger partial charge is 0.548 e. The zero-order chi connectivity index (χ0) is 20.0. The van der Waals surface area contributed by atoms with Gasteiger partial charge in [-0.05, 0) is 57.1 Å². The van der Waals surface area contributed by atoms with Gasteiger partial charge in [-0.1, -0.05) is 76.9 Å². The van der Waals surface area contributed by atoms with Gasteiger partial charge in [-0.15, -0.1) is 0 Å². The number of thioether (sulfide) groups is 1. The van der Waals surface area contributed by atoms with Crippen molar-refractivity contribution >= 4 is 17.7 Å². The fraction of sp³-hybridized carbons (Fsp3) is 0.870. The van der Waals surface area contributed by atoms with E-state index in [1.165, 1.54) is 83.5 Å². The summed E-state index contributed by atoms with van der Waals surface area (Å²) in [5, 5.41) is 14.1. The molecule has 0 aromatic heterocycles. The van der Waals surface area contributed by atoms with Gasteiger partial charge in [-0.3, -0.25) is 0 Å². The molecule has 0 aromatic carbocycles. The van der Waals surface area contributed by atoms with E-state index in [-0.39, 0.29) is 51.4 Å². The molecule has 1 atom stereocenters. The van der Waals surface area contributed by atoms with Gasteiger partial charge < -0.3 is 15.2 Å². The average Bonchev–Trinajstić information content (AvgIpc) is 2.66. The number of aliphatic carboxylic acids is 1. The van der Waals surface area contributed by atoms with E-state index >= 15 is 0 Å². The van der Waals surface area contributed by atoms with Gasteiger partial charge in [0, 0.05) is 6.04 Å². The molecule has 0 aliphatic carbocycles. The number of carbonyl (C=O) groups is 1. The van der Waals surface area contributed by atoms with Gasteiger partial charge >= 0.3 is 51.4 Å². The van der Waals surface area contributed by atoms with Crippen LogP contribution in [0.3, 0.4) is 0 Å².